The summed E-state index contributed by atoms with van der Waals surface area (Å²) < 4.78 is 27.5. The molecule has 0 rings (SSSR count). The molecular formula is C24H48O6Si. The molecule has 0 aliphatic heterocycles. The van der Waals surface area contributed by atoms with Crippen LogP contribution in [0.25, 0.3) is 0 Å². The first-order valence-electron chi connectivity index (χ1n) is 11.7. The first kappa shape index (κ1) is 30.3. The maximum Gasteiger partial charge on any atom is 0.330 e. The van der Waals surface area contributed by atoms with Crippen molar-refractivity contribution in [2.45, 2.75) is 103 Å². The van der Waals surface area contributed by atoms with Gasteiger partial charge in [0.25, 0.3) is 0 Å². The van der Waals surface area contributed by atoms with Crippen LogP contribution in [0.4, 0.5) is 0 Å². The normalized spacial score (nSPS) is 14.7. The molecule has 31 heavy (non-hydrogen) atoms. The third-order valence-corrected chi connectivity index (χ3v) is 10.3. The number of hydrogen-bond acceptors (Lipinski definition) is 6. The van der Waals surface area contributed by atoms with E-state index in [9.17, 15) is 4.79 Å². The monoisotopic (exact) mass is 460 g/mol. The van der Waals surface area contributed by atoms with E-state index in [4.69, 9.17) is 23.4 Å². The van der Waals surface area contributed by atoms with Crippen LogP contribution < -0.4 is 0 Å². The molecule has 0 N–H and O–H groups in total. The molecule has 0 bridgehead atoms. The van der Waals surface area contributed by atoms with Crippen LogP contribution in [-0.4, -0.2) is 60.2 Å². The summed E-state index contributed by atoms with van der Waals surface area (Å²) >= 11 is 0. The van der Waals surface area contributed by atoms with Crippen LogP contribution in [0.3, 0.4) is 0 Å². The highest BCUT2D eigenvalue weighted by molar-refractivity contribution is 6.74. The van der Waals surface area contributed by atoms with Crippen molar-refractivity contribution in [3.05, 3.63) is 12.2 Å². The molecule has 0 aliphatic carbocycles. The fourth-order valence-electron chi connectivity index (χ4n) is 2.82. The molecule has 0 saturated heterocycles. The van der Waals surface area contributed by atoms with Gasteiger partial charge in [0.1, 0.15) is 6.79 Å². The molecule has 2 atom stereocenters. The molecule has 0 fully saturated rings. The minimum Gasteiger partial charge on any atom is -0.463 e. The van der Waals surface area contributed by atoms with E-state index in [1.165, 1.54) is 18.9 Å². The number of esters is 1. The zero-order chi connectivity index (χ0) is 23.8. The fraction of sp³-hybridized carbons (Fsp3) is 0.875. The minimum absolute atomic E-state index is 0.159. The van der Waals surface area contributed by atoms with E-state index in [1.807, 2.05) is 0 Å². The zero-order valence-electron chi connectivity index (χ0n) is 21.3. The van der Waals surface area contributed by atoms with Gasteiger partial charge in [-0.25, -0.2) is 4.79 Å². The van der Waals surface area contributed by atoms with E-state index >= 15 is 0 Å². The van der Waals surface area contributed by atoms with Crippen molar-refractivity contribution in [2.75, 3.05) is 33.7 Å². The number of ether oxygens (including phenoxy) is 4. The summed E-state index contributed by atoms with van der Waals surface area (Å²) in [6.45, 7) is 17.0. The van der Waals surface area contributed by atoms with Crippen molar-refractivity contribution < 1.29 is 28.2 Å². The van der Waals surface area contributed by atoms with Gasteiger partial charge < -0.3 is 23.4 Å². The molecule has 1 unspecified atom stereocenters. The van der Waals surface area contributed by atoms with Crippen molar-refractivity contribution >= 4 is 14.3 Å². The van der Waals surface area contributed by atoms with Crippen molar-refractivity contribution in [3.63, 3.8) is 0 Å². The van der Waals surface area contributed by atoms with Gasteiger partial charge >= 0.3 is 5.97 Å². The second kappa shape index (κ2) is 16.8. The summed E-state index contributed by atoms with van der Waals surface area (Å²) in [5.41, 5.74) is 0. The van der Waals surface area contributed by atoms with E-state index in [0.717, 1.165) is 25.7 Å². The Kier molecular flexibility index (Phi) is 16.4. The molecule has 0 aliphatic rings. The van der Waals surface area contributed by atoms with Gasteiger partial charge in [0.15, 0.2) is 8.32 Å². The van der Waals surface area contributed by atoms with Crippen LogP contribution in [0.5, 0.6) is 0 Å². The predicted molar refractivity (Wildman–Crippen MR) is 129 cm³/mol. The Morgan fingerprint density at radius 1 is 1.03 bits per heavy atom. The highest BCUT2D eigenvalue weighted by Crippen LogP contribution is 2.37. The molecule has 0 spiro atoms. The molecular weight excluding hydrogens is 412 g/mol. The number of unbranched alkanes of at least 4 members (excludes halogenated alkanes) is 3. The Hall–Kier alpha value is -0.733. The number of rotatable bonds is 18. The average molecular weight is 461 g/mol. The fourth-order valence-corrected chi connectivity index (χ4v) is 4.29. The smallest absolute Gasteiger partial charge is 0.330 e. The lowest BCUT2D eigenvalue weighted by molar-refractivity contribution is -0.137. The lowest BCUT2D eigenvalue weighted by atomic mass is 10.1. The standard InChI is InChI=1S/C24H48O6Si/c1-9-28-23(25)17-16-22(29-20-27-19-18-26-6)15-13-11-10-12-14-21(2)30-31(7,8)24(3,4)5/h16-17,21-22H,9-15,18-20H2,1-8H3/b17-16+/t21-,22?/m0/s1. The molecule has 0 amide bonds. The molecule has 0 radical (unpaired) electrons. The Morgan fingerprint density at radius 2 is 1.68 bits per heavy atom. The number of carbonyl (C=O) groups is 1. The number of carbonyl (C=O) groups excluding carboxylic acids is 1. The Balaban J connectivity index is 4.22. The summed E-state index contributed by atoms with van der Waals surface area (Å²) in [5, 5.41) is 0.251. The first-order valence-corrected chi connectivity index (χ1v) is 14.6. The van der Waals surface area contributed by atoms with Gasteiger partial charge in [-0.15, -0.1) is 0 Å². The summed E-state index contributed by atoms with van der Waals surface area (Å²) in [5.74, 6) is -0.341. The van der Waals surface area contributed by atoms with Crippen LogP contribution in [0, 0.1) is 0 Å². The van der Waals surface area contributed by atoms with Crippen molar-refractivity contribution in [3.8, 4) is 0 Å². The molecule has 0 aromatic rings. The Morgan fingerprint density at radius 3 is 2.26 bits per heavy atom. The quantitative estimate of drug-likeness (QED) is 0.0839. The molecule has 0 saturated carbocycles. The van der Waals surface area contributed by atoms with Crippen LogP contribution in [0.1, 0.15) is 73.1 Å². The van der Waals surface area contributed by atoms with Gasteiger partial charge in [0.05, 0.1) is 25.9 Å². The van der Waals surface area contributed by atoms with E-state index < -0.39 is 8.32 Å². The average Bonchev–Trinajstić information content (AvgIpc) is 2.66. The SMILES string of the molecule is CCOC(=O)/C=C/C(CCCCCC[C@H](C)O[Si](C)(C)C(C)(C)C)OCOCCOC. The van der Waals surface area contributed by atoms with Gasteiger partial charge in [0, 0.05) is 19.3 Å². The van der Waals surface area contributed by atoms with Crippen LogP contribution in [0.2, 0.25) is 18.1 Å². The summed E-state index contributed by atoms with van der Waals surface area (Å²) in [6, 6.07) is 0. The van der Waals surface area contributed by atoms with Crippen LogP contribution >= 0.6 is 0 Å². The molecule has 6 nitrogen and oxygen atoms in total. The van der Waals surface area contributed by atoms with Crippen LogP contribution in [-0.2, 0) is 28.2 Å². The highest BCUT2D eigenvalue weighted by atomic mass is 28.4. The van der Waals surface area contributed by atoms with Crippen molar-refractivity contribution in [1.82, 2.24) is 0 Å². The summed E-state index contributed by atoms with van der Waals surface area (Å²) in [7, 11) is -0.0517. The topological polar surface area (TPSA) is 63.2 Å². The Labute approximate surface area is 192 Å². The molecule has 0 heterocycles. The molecule has 7 heteroatoms. The molecule has 0 aromatic heterocycles. The van der Waals surface area contributed by atoms with Gasteiger partial charge in [-0.1, -0.05) is 46.5 Å². The largest absolute Gasteiger partial charge is 0.463 e. The maximum absolute atomic E-state index is 11.6. The van der Waals surface area contributed by atoms with E-state index in [-0.39, 0.29) is 23.9 Å². The van der Waals surface area contributed by atoms with Gasteiger partial charge in [-0.05, 0) is 50.9 Å². The number of hydrogen-bond donors (Lipinski definition) is 0. The minimum atomic E-state index is -1.69. The Bertz CT molecular complexity index is 487. The predicted octanol–water partition coefficient (Wildman–Crippen LogP) is 5.86. The van der Waals surface area contributed by atoms with Gasteiger partial charge in [0.2, 0.25) is 0 Å². The second-order valence-corrected chi connectivity index (χ2v) is 14.3. The summed E-state index contributed by atoms with van der Waals surface area (Å²) in [6.07, 6.45) is 9.82. The first-order chi connectivity index (χ1) is 14.5. The number of methoxy groups -OCH3 is 1. The summed E-state index contributed by atoms with van der Waals surface area (Å²) in [4.78, 5) is 11.6. The van der Waals surface area contributed by atoms with Gasteiger partial charge in [-0.2, -0.15) is 0 Å². The zero-order valence-corrected chi connectivity index (χ0v) is 22.3. The van der Waals surface area contributed by atoms with Crippen molar-refractivity contribution in [2.24, 2.45) is 0 Å². The van der Waals surface area contributed by atoms with Crippen LogP contribution in [0.15, 0.2) is 12.2 Å². The highest BCUT2D eigenvalue weighted by Gasteiger charge is 2.38. The molecule has 0 aromatic carbocycles. The van der Waals surface area contributed by atoms with Crippen molar-refractivity contribution in [1.29, 1.82) is 0 Å². The van der Waals surface area contributed by atoms with Gasteiger partial charge in [-0.3, -0.25) is 0 Å². The third kappa shape index (κ3) is 15.7. The van der Waals surface area contributed by atoms with E-state index in [0.29, 0.717) is 25.9 Å². The second-order valence-electron chi connectivity index (χ2n) is 9.52. The lowest BCUT2D eigenvalue weighted by Crippen LogP contribution is -2.43. The third-order valence-electron chi connectivity index (χ3n) is 5.68. The maximum atomic E-state index is 11.6. The van der Waals surface area contributed by atoms with E-state index in [1.54, 1.807) is 20.1 Å². The lowest BCUT2D eigenvalue weighted by Gasteiger charge is -2.38. The molecule has 184 valence electrons. The van der Waals surface area contributed by atoms with E-state index in [2.05, 4.69) is 40.8 Å².